The molecule has 0 saturated carbocycles. The summed E-state index contributed by atoms with van der Waals surface area (Å²) in [7, 11) is -0.828. The van der Waals surface area contributed by atoms with Crippen molar-refractivity contribution in [2.75, 3.05) is 23.4 Å². The molecule has 1 rings (SSSR count). The molecule has 0 amide bonds. The molecular formula is C11H15ClN2O3S. The zero-order valence-corrected chi connectivity index (χ0v) is 11.8. The number of rotatable bonds is 6. The molecule has 0 fully saturated rings. The van der Waals surface area contributed by atoms with E-state index in [1.165, 1.54) is 12.1 Å². The lowest BCUT2D eigenvalue weighted by atomic mass is 10.2. The number of benzene rings is 1. The van der Waals surface area contributed by atoms with Gasteiger partial charge in [0.25, 0.3) is 5.69 Å². The normalized spacial score (nSPS) is 12.2. The van der Waals surface area contributed by atoms with Crippen LogP contribution in [0.3, 0.4) is 0 Å². The van der Waals surface area contributed by atoms with Crippen LogP contribution in [-0.2, 0) is 10.8 Å². The molecule has 1 atom stereocenters. The van der Waals surface area contributed by atoms with Crippen molar-refractivity contribution >= 4 is 33.8 Å². The molecule has 100 valence electrons. The van der Waals surface area contributed by atoms with E-state index in [4.69, 9.17) is 11.6 Å². The van der Waals surface area contributed by atoms with Crippen molar-refractivity contribution in [3.63, 3.8) is 0 Å². The summed E-state index contributed by atoms with van der Waals surface area (Å²) < 4.78 is 11.3. The number of aryl methyl sites for hydroxylation is 1. The monoisotopic (exact) mass is 290 g/mol. The summed E-state index contributed by atoms with van der Waals surface area (Å²) in [6.07, 6.45) is 0. The van der Waals surface area contributed by atoms with E-state index < -0.39 is 15.7 Å². The maximum Gasteiger partial charge on any atom is 0.288 e. The van der Waals surface area contributed by atoms with Gasteiger partial charge in [-0.1, -0.05) is 18.5 Å². The van der Waals surface area contributed by atoms with E-state index in [-0.39, 0.29) is 10.7 Å². The summed E-state index contributed by atoms with van der Waals surface area (Å²) in [4.78, 5) is 10.2. The highest BCUT2D eigenvalue weighted by Gasteiger charge is 2.14. The van der Waals surface area contributed by atoms with Gasteiger partial charge in [0, 0.05) is 40.6 Å². The van der Waals surface area contributed by atoms with Crippen LogP contribution < -0.4 is 5.32 Å². The van der Waals surface area contributed by atoms with E-state index in [0.717, 1.165) is 11.3 Å². The Morgan fingerprint density at radius 2 is 2.17 bits per heavy atom. The van der Waals surface area contributed by atoms with Crippen LogP contribution in [0, 0.1) is 17.0 Å². The topological polar surface area (TPSA) is 72.2 Å². The van der Waals surface area contributed by atoms with E-state index in [0.29, 0.717) is 18.1 Å². The second-order valence-corrected chi connectivity index (χ2v) is 6.01. The summed E-state index contributed by atoms with van der Waals surface area (Å²) in [6.45, 7) is 4.18. The molecule has 0 bridgehead atoms. The minimum Gasteiger partial charge on any atom is -0.384 e. The quantitative estimate of drug-likeness (QED) is 0.646. The van der Waals surface area contributed by atoms with Gasteiger partial charge in [0.05, 0.1) is 4.92 Å². The molecule has 5 nitrogen and oxygen atoms in total. The number of nitrogens with zero attached hydrogens (tertiary/aromatic N) is 1. The average Bonchev–Trinajstić information content (AvgIpc) is 2.32. The molecule has 0 spiro atoms. The average molecular weight is 291 g/mol. The molecule has 1 N–H and O–H groups in total. The van der Waals surface area contributed by atoms with Gasteiger partial charge in [-0.3, -0.25) is 14.3 Å². The molecule has 1 aromatic carbocycles. The Kier molecular flexibility index (Phi) is 5.55. The van der Waals surface area contributed by atoms with E-state index in [1.807, 2.05) is 6.92 Å². The van der Waals surface area contributed by atoms with Gasteiger partial charge in [0.15, 0.2) is 0 Å². The third kappa shape index (κ3) is 3.96. The van der Waals surface area contributed by atoms with E-state index in [9.17, 15) is 14.3 Å². The van der Waals surface area contributed by atoms with Crippen molar-refractivity contribution in [1.29, 1.82) is 0 Å². The van der Waals surface area contributed by atoms with E-state index >= 15 is 0 Å². The fourth-order valence-electron chi connectivity index (χ4n) is 1.44. The van der Waals surface area contributed by atoms with Crippen molar-refractivity contribution in [2.24, 2.45) is 0 Å². The highest BCUT2D eigenvalue weighted by Crippen LogP contribution is 2.30. The second kappa shape index (κ2) is 6.70. The van der Waals surface area contributed by atoms with Crippen LogP contribution in [0.2, 0.25) is 5.02 Å². The summed E-state index contributed by atoms with van der Waals surface area (Å²) in [5, 5.41) is 13.9. The predicted molar refractivity (Wildman–Crippen MR) is 74.9 cm³/mol. The molecule has 1 unspecified atom stereocenters. The van der Waals surface area contributed by atoms with Crippen LogP contribution in [0.4, 0.5) is 11.4 Å². The summed E-state index contributed by atoms with van der Waals surface area (Å²) in [6, 6.07) is 2.96. The van der Waals surface area contributed by atoms with Gasteiger partial charge in [-0.15, -0.1) is 0 Å². The first-order chi connectivity index (χ1) is 8.45. The lowest BCUT2D eigenvalue weighted by molar-refractivity contribution is -0.384. The van der Waals surface area contributed by atoms with E-state index in [2.05, 4.69) is 5.32 Å². The summed E-state index contributed by atoms with van der Waals surface area (Å²) in [5.41, 5.74) is 1.38. The third-order valence-corrected chi connectivity index (χ3v) is 4.06. The third-order valence-electron chi connectivity index (χ3n) is 2.46. The fraction of sp³-hybridized carbons (Fsp3) is 0.455. The number of hydrogen-bond acceptors (Lipinski definition) is 4. The molecule has 0 aliphatic heterocycles. The van der Waals surface area contributed by atoms with Crippen molar-refractivity contribution in [1.82, 2.24) is 0 Å². The Balaban J connectivity index is 2.76. The molecule has 0 aliphatic carbocycles. The number of nitrogens with one attached hydrogen (secondary N) is 1. The molecule has 0 aromatic heterocycles. The Bertz CT molecular complexity index is 480. The first-order valence-corrected chi connectivity index (χ1v) is 7.35. The Hall–Kier alpha value is -1.14. The smallest absolute Gasteiger partial charge is 0.288 e. The molecule has 0 saturated heterocycles. The first-order valence-electron chi connectivity index (χ1n) is 5.49. The van der Waals surface area contributed by atoms with Gasteiger partial charge in [-0.25, -0.2) is 0 Å². The summed E-state index contributed by atoms with van der Waals surface area (Å²) in [5.74, 6) is 1.17. The Labute approximate surface area is 113 Å². The largest absolute Gasteiger partial charge is 0.384 e. The lowest BCUT2D eigenvalue weighted by Crippen LogP contribution is -2.12. The van der Waals surface area contributed by atoms with Crippen LogP contribution in [0.25, 0.3) is 0 Å². The van der Waals surface area contributed by atoms with Crippen molar-refractivity contribution in [3.8, 4) is 0 Å². The van der Waals surface area contributed by atoms with Crippen LogP contribution in [-0.4, -0.2) is 27.2 Å². The molecule has 18 heavy (non-hydrogen) atoms. The number of anilines is 1. The molecular weight excluding hydrogens is 276 g/mol. The van der Waals surface area contributed by atoms with Crippen molar-refractivity contribution in [3.05, 3.63) is 32.8 Å². The molecule has 7 heteroatoms. The Morgan fingerprint density at radius 1 is 1.50 bits per heavy atom. The second-order valence-electron chi connectivity index (χ2n) is 3.74. The zero-order chi connectivity index (χ0) is 13.7. The lowest BCUT2D eigenvalue weighted by Gasteiger charge is -2.09. The van der Waals surface area contributed by atoms with Crippen molar-refractivity contribution < 1.29 is 9.13 Å². The maximum atomic E-state index is 11.3. The van der Waals surface area contributed by atoms with Crippen LogP contribution >= 0.6 is 11.6 Å². The minimum atomic E-state index is -0.828. The van der Waals surface area contributed by atoms with Crippen LogP contribution in [0.15, 0.2) is 12.1 Å². The van der Waals surface area contributed by atoms with Gasteiger partial charge in [-0.05, 0) is 18.6 Å². The van der Waals surface area contributed by atoms with Crippen LogP contribution in [0.1, 0.15) is 12.5 Å². The van der Waals surface area contributed by atoms with Gasteiger partial charge in [0.1, 0.15) is 5.02 Å². The molecule has 0 radical (unpaired) electrons. The number of hydrogen-bond donors (Lipinski definition) is 1. The SMILES string of the molecule is CCS(=O)CCNc1cc(Cl)c([N+](=O)[O-])cc1C. The molecule has 1 aromatic rings. The predicted octanol–water partition coefficient (Wildman–Crippen LogP) is 2.74. The van der Waals surface area contributed by atoms with Gasteiger partial charge in [-0.2, -0.15) is 0 Å². The van der Waals surface area contributed by atoms with E-state index in [1.54, 1.807) is 6.92 Å². The van der Waals surface area contributed by atoms with Crippen LogP contribution in [0.5, 0.6) is 0 Å². The Morgan fingerprint density at radius 3 is 2.72 bits per heavy atom. The fourth-order valence-corrected chi connectivity index (χ4v) is 2.29. The number of nitro groups is 1. The standard InChI is InChI=1S/C11H15ClN2O3S/c1-3-18(17)5-4-13-10-7-9(12)11(14(15)16)6-8(10)2/h6-7,13H,3-5H2,1-2H3. The zero-order valence-electron chi connectivity index (χ0n) is 10.2. The van der Waals surface area contributed by atoms with Gasteiger partial charge < -0.3 is 5.32 Å². The molecule has 0 heterocycles. The minimum absolute atomic E-state index is 0.100. The van der Waals surface area contributed by atoms with Gasteiger partial charge >= 0.3 is 0 Å². The number of halogens is 1. The van der Waals surface area contributed by atoms with Gasteiger partial charge in [0.2, 0.25) is 0 Å². The van der Waals surface area contributed by atoms with Crippen molar-refractivity contribution in [2.45, 2.75) is 13.8 Å². The highest BCUT2D eigenvalue weighted by molar-refractivity contribution is 7.84. The highest BCUT2D eigenvalue weighted by atomic mass is 35.5. The number of nitro benzene ring substituents is 1. The maximum absolute atomic E-state index is 11.3. The first kappa shape index (κ1) is 14.9. The summed E-state index contributed by atoms with van der Waals surface area (Å²) >= 11 is 5.82. The molecule has 0 aliphatic rings.